The molecule has 1 saturated carbocycles. The molecule has 2 aliphatic rings. The van der Waals surface area contributed by atoms with Crippen molar-refractivity contribution in [1.29, 1.82) is 0 Å². The first-order valence-corrected chi connectivity index (χ1v) is 8.57. The molecule has 0 spiro atoms. The molecule has 0 bridgehead atoms. The third kappa shape index (κ3) is 3.12. The van der Waals surface area contributed by atoms with E-state index >= 15 is 0 Å². The van der Waals surface area contributed by atoms with E-state index in [0.29, 0.717) is 19.1 Å². The Labute approximate surface area is 129 Å². The van der Waals surface area contributed by atoms with E-state index in [4.69, 9.17) is 4.74 Å². The van der Waals surface area contributed by atoms with E-state index in [1.807, 2.05) is 17.9 Å². The second-order valence-corrected chi connectivity index (χ2v) is 6.82. The average molecular weight is 307 g/mol. The van der Waals surface area contributed by atoms with Gasteiger partial charge in [0.1, 0.15) is 0 Å². The lowest BCUT2D eigenvalue weighted by Gasteiger charge is -2.31. The van der Waals surface area contributed by atoms with Crippen molar-refractivity contribution in [3.8, 4) is 0 Å². The number of amides is 1. The van der Waals surface area contributed by atoms with E-state index in [0.717, 1.165) is 25.8 Å². The monoisotopic (exact) mass is 307 g/mol. The largest absolute Gasteiger partial charge is 0.466 e. The maximum Gasteiger partial charge on any atom is 0.310 e. The number of carbonyl (C=O) groups is 2. The summed E-state index contributed by atoms with van der Waals surface area (Å²) in [7, 11) is 0. The van der Waals surface area contributed by atoms with Crippen molar-refractivity contribution in [1.82, 2.24) is 4.90 Å². The van der Waals surface area contributed by atoms with E-state index in [-0.39, 0.29) is 23.7 Å². The lowest BCUT2D eigenvalue weighted by atomic mass is 9.97. The molecule has 5 heteroatoms. The van der Waals surface area contributed by atoms with Crippen LogP contribution in [0.25, 0.3) is 0 Å². The fourth-order valence-corrected chi connectivity index (χ4v) is 4.06. The van der Waals surface area contributed by atoms with Gasteiger partial charge in [-0.2, -0.15) is 0 Å². The molecule has 1 aliphatic carbocycles. The highest BCUT2D eigenvalue weighted by Gasteiger charge is 2.47. The Bertz CT molecular complexity index is 514. The molecule has 3 unspecified atom stereocenters. The minimum absolute atomic E-state index is 0.129. The van der Waals surface area contributed by atoms with Crippen molar-refractivity contribution in [3.05, 3.63) is 22.4 Å². The van der Waals surface area contributed by atoms with Crippen LogP contribution in [0.5, 0.6) is 0 Å². The summed E-state index contributed by atoms with van der Waals surface area (Å²) in [4.78, 5) is 27.6. The first kappa shape index (κ1) is 14.6. The van der Waals surface area contributed by atoms with Gasteiger partial charge < -0.3 is 9.64 Å². The van der Waals surface area contributed by atoms with Crippen LogP contribution in [-0.2, 0) is 14.3 Å². The molecule has 21 heavy (non-hydrogen) atoms. The molecule has 2 heterocycles. The summed E-state index contributed by atoms with van der Waals surface area (Å²) in [5.41, 5.74) is 0. The van der Waals surface area contributed by atoms with Gasteiger partial charge in [-0.1, -0.05) is 6.07 Å². The van der Waals surface area contributed by atoms with Crippen molar-refractivity contribution in [3.63, 3.8) is 0 Å². The van der Waals surface area contributed by atoms with Crippen molar-refractivity contribution in [2.75, 3.05) is 19.7 Å². The van der Waals surface area contributed by atoms with Crippen LogP contribution in [0.2, 0.25) is 0 Å². The van der Waals surface area contributed by atoms with Crippen LogP contribution in [0.3, 0.4) is 0 Å². The van der Waals surface area contributed by atoms with Gasteiger partial charge in [0.2, 0.25) is 5.91 Å². The molecule has 0 radical (unpaired) electrons. The average Bonchev–Trinajstić information content (AvgIpc) is 3.12. The van der Waals surface area contributed by atoms with Crippen molar-refractivity contribution >= 4 is 23.2 Å². The minimum Gasteiger partial charge on any atom is -0.466 e. The van der Waals surface area contributed by atoms with E-state index in [1.165, 1.54) is 4.88 Å². The maximum atomic E-state index is 12.6. The van der Waals surface area contributed by atoms with Gasteiger partial charge in [-0.3, -0.25) is 9.59 Å². The van der Waals surface area contributed by atoms with E-state index < -0.39 is 0 Å². The summed E-state index contributed by atoms with van der Waals surface area (Å²) in [6, 6.07) is 4.15. The van der Waals surface area contributed by atoms with Gasteiger partial charge in [0.15, 0.2) is 0 Å². The smallest absolute Gasteiger partial charge is 0.310 e. The first-order chi connectivity index (χ1) is 10.2. The highest BCUT2D eigenvalue weighted by molar-refractivity contribution is 7.10. The summed E-state index contributed by atoms with van der Waals surface area (Å²) in [5.74, 6) is 0.467. The van der Waals surface area contributed by atoms with E-state index in [2.05, 4.69) is 11.4 Å². The lowest BCUT2D eigenvalue weighted by molar-refractivity contribution is -0.151. The van der Waals surface area contributed by atoms with Crippen LogP contribution in [0.4, 0.5) is 0 Å². The van der Waals surface area contributed by atoms with Crippen molar-refractivity contribution in [2.45, 2.75) is 32.1 Å². The Kier molecular flexibility index (Phi) is 4.29. The number of ether oxygens (including phenoxy) is 1. The molecule has 114 valence electrons. The van der Waals surface area contributed by atoms with Gasteiger partial charge in [-0.25, -0.2) is 0 Å². The SMILES string of the molecule is CCOC(=O)C1CCCN(C(=O)C2CC2c2cccs2)C1. The number of hydrogen-bond donors (Lipinski definition) is 0. The zero-order chi connectivity index (χ0) is 14.8. The Morgan fingerprint density at radius 2 is 2.33 bits per heavy atom. The summed E-state index contributed by atoms with van der Waals surface area (Å²) >= 11 is 1.73. The predicted octanol–water partition coefficient (Wildman–Crippen LogP) is 2.65. The third-order valence-corrected chi connectivity index (χ3v) is 5.37. The second kappa shape index (κ2) is 6.18. The van der Waals surface area contributed by atoms with Gasteiger partial charge in [0.05, 0.1) is 12.5 Å². The molecule has 2 fully saturated rings. The van der Waals surface area contributed by atoms with Crippen molar-refractivity contribution < 1.29 is 14.3 Å². The highest BCUT2D eigenvalue weighted by Crippen LogP contribution is 2.50. The van der Waals surface area contributed by atoms with Gasteiger partial charge in [0.25, 0.3) is 0 Å². The Morgan fingerprint density at radius 3 is 3.05 bits per heavy atom. The molecule has 1 amide bonds. The Hall–Kier alpha value is -1.36. The number of hydrogen-bond acceptors (Lipinski definition) is 4. The summed E-state index contributed by atoms with van der Waals surface area (Å²) < 4.78 is 5.09. The quantitative estimate of drug-likeness (QED) is 0.803. The second-order valence-electron chi connectivity index (χ2n) is 5.84. The van der Waals surface area contributed by atoms with Crippen LogP contribution in [-0.4, -0.2) is 36.5 Å². The molecule has 1 aliphatic heterocycles. The molecule has 4 nitrogen and oxygen atoms in total. The lowest BCUT2D eigenvalue weighted by Crippen LogP contribution is -2.43. The standard InChI is InChI=1S/C16H21NO3S/c1-2-20-16(19)11-5-3-7-17(10-11)15(18)13-9-12(13)14-6-4-8-21-14/h4,6,8,11-13H,2-3,5,7,9-10H2,1H3. The molecule has 1 aromatic rings. The zero-order valence-corrected chi connectivity index (χ0v) is 13.1. The van der Waals surface area contributed by atoms with Gasteiger partial charge in [0, 0.05) is 29.8 Å². The number of thiophene rings is 1. The topological polar surface area (TPSA) is 46.6 Å². The van der Waals surface area contributed by atoms with Crippen LogP contribution in [0.15, 0.2) is 17.5 Å². The molecule has 3 atom stereocenters. The number of nitrogens with zero attached hydrogens (tertiary/aromatic N) is 1. The number of carbonyl (C=O) groups excluding carboxylic acids is 2. The summed E-state index contributed by atoms with van der Waals surface area (Å²) in [5, 5.41) is 2.06. The fourth-order valence-electron chi connectivity index (χ4n) is 3.15. The number of likely N-dealkylation sites (tertiary alicyclic amines) is 1. The van der Waals surface area contributed by atoms with E-state index in [1.54, 1.807) is 11.3 Å². The van der Waals surface area contributed by atoms with Gasteiger partial charge in [-0.05, 0) is 37.6 Å². The molecule has 1 aromatic heterocycles. The van der Waals surface area contributed by atoms with Gasteiger partial charge in [-0.15, -0.1) is 11.3 Å². The first-order valence-electron chi connectivity index (χ1n) is 7.69. The maximum absolute atomic E-state index is 12.6. The molecular weight excluding hydrogens is 286 g/mol. The number of piperidine rings is 1. The molecule has 0 N–H and O–H groups in total. The Morgan fingerprint density at radius 1 is 1.48 bits per heavy atom. The molecule has 1 saturated heterocycles. The molecular formula is C16H21NO3S. The number of rotatable bonds is 4. The summed E-state index contributed by atoms with van der Waals surface area (Å²) in [6.07, 6.45) is 2.69. The highest BCUT2D eigenvalue weighted by atomic mass is 32.1. The number of esters is 1. The predicted molar refractivity (Wildman–Crippen MR) is 81.1 cm³/mol. The molecule has 3 rings (SSSR count). The van der Waals surface area contributed by atoms with Crippen LogP contribution >= 0.6 is 11.3 Å². The fraction of sp³-hybridized carbons (Fsp3) is 0.625. The molecule has 0 aromatic carbocycles. The van der Waals surface area contributed by atoms with Crippen LogP contribution in [0.1, 0.15) is 37.0 Å². The van der Waals surface area contributed by atoms with Crippen molar-refractivity contribution in [2.24, 2.45) is 11.8 Å². The zero-order valence-electron chi connectivity index (χ0n) is 12.3. The van der Waals surface area contributed by atoms with Crippen LogP contribution < -0.4 is 0 Å². The minimum atomic E-state index is -0.152. The third-order valence-electron chi connectivity index (χ3n) is 4.37. The normalized spacial score (nSPS) is 28.2. The van der Waals surface area contributed by atoms with Gasteiger partial charge >= 0.3 is 5.97 Å². The Balaban J connectivity index is 1.57. The van der Waals surface area contributed by atoms with Crippen LogP contribution in [0, 0.1) is 11.8 Å². The summed E-state index contributed by atoms with van der Waals surface area (Å²) in [6.45, 7) is 3.54. The van der Waals surface area contributed by atoms with E-state index in [9.17, 15) is 9.59 Å².